The van der Waals surface area contributed by atoms with Crippen molar-refractivity contribution in [3.05, 3.63) is 0 Å². The van der Waals surface area contributed by atoms with Crippen molar-refractivity contribution in [3.8, 4) is 0 Å². The molecule has 1 atom stereocenters. The second-order valence-electron chi connectivity index (χ2n) is 17.1. The molecule has 0 heterocycles. The van der Waals surface area contributed by atoms with Gasteiger partial charge in [-0.1, -0.05) is 129 Å². The Balaban J connectivity index is 0.000000226. The Hall–Kier alpha value is 2.31. The zero-order valence-electron chi connectivity index (χ0n) is 32.1. The van der Waals surface area contributed by atoms with Crippen LogP contribution < -0.4 is 0 Å². The Morgan fingerprint density at radius 2 is 0.822 bits per heavy atom. The first-order valence-electron chi connectivity index (χ1n) is 20.7. The van der Waals surface area contributed by atoms with Crippen LogP contribution in [0, 0.1) is 0 Å². The SMILES string of the molecule is C1CCC(PC2CCCCC2)CC1.CCCCPC1CCCCC1.C[Si](C)(C)P(C1CCCCC1)C1CCCCC1.[CH3][Sn]([CH3])[CH3]. The summed E-state index contributed by atoms with van der Waals surface area (Å²) >= 11 is -0.543. The van der Waals surface area contributed by atoms with Gasteiger partial charge in [0.25, 0.3) is 0 Å². The van der Waals surface area contributed by atoms with Crippen LogP contribution in [0.15, 0.2) is 0 Å². The van der Waals surface area contributed by atoms with Gasteiger partial charge in [-0.15, -0.1) is 24.6 Å². The van der Waals surface area contributed by atoms with Crippen molar-refractivity contribution in [2.75, 3.05) is 6.16 Å². The summed E-state index contributed by atoms with van der Waals surface area (Å²) in [5.74, 6) is 0. The van der Waals surface area contributed by atoms with Gasteiger partial charge in [-0.25, -0.2) is 0 Å². The Bertz CT molecular complexity index is 616. The van der Waals surface area contributed by atoms with Crippen LogP contribution >= 0.6 is 24.6 Å². The van der Waals surface area contributed by atoms with Crippen molar-refractivity contribution >= 4 is 52.1 Å². The van der Waals surface area contributed by atoms with Crippen molar-refractivity contribution in [1.82, 2.24) is 0 Å². The van der Waals surface area contributed by atoms with E-state index in [1.54, 1.807) is 89.9 Å². The monoisotopic (exact) mass is 805 g/mol. The first kappa shape index (κ1) is 43.5. The second-order valence-corrected chi connectivity index (χ2v) is 41.6. The Labute approximate surface area is 299 Å². The van der Waals surface area contributed by atoms with E-state index >= 15 is 0 Å². The first-order chi connectivity index (χ1) is 21.7. The molecule has 0 bridgehead atoms. The number of unbranched alkanes of at least 4 members (excludes halogenated alkanes) is 1. The van der Waals surface area contributed by atoms with Gasteiger partial charge in [0.05, 0.1) is 7.74 Å². The summed E-state index contributed by atoms with van der Waals surface area (Å²) in [7, 11) is 2.12. The van der Waals surface area contributed by atoms with Gasteiger partial charge in [0.15, 0.2) is 0 Å². The van der Waals surface area contributed by atoms with Crippen molar-refractivity contribution < 1.29 is 0 Å². The second kappa shape index (κ2) is 27.0. The summed E-state index contributed by atoms with van der Waals surface area (Å²) in [5.41, 5.74) is 5.78. The molecule has 45 heavy (non-hydrogen) atoms. The fourth-order valence-electron chi connectivity index (χ4n) is 8.77. The first-order valence-corrected chi connectivity index (χ1v) is 37.6. The van der Waals surface area contributed by atoms with Crippen molar-refractivity contribution in [2.24, 2.45) is 0 Å². The summed E-state index contributed by atoms with van der Waals surface area (Å²) in [5, 5.41) is 0. The maximum atomic E-state index is 2.67. The minimum absolute atomic E-state index is 0.401. The predicted octanol–water partition coefficient (Wildman–Crippen LogP) is 15.5. The van der Waals surface area contributed by atoms with Gasteiger partial charge in [-0.05, 0) is 105 Å². The summed E-state index contributed by atoms with van der Waals surface area (Å²) in [6.45, 7) is 10.3. The molecule has 5 aliphatic rings. The Kier molecular flexibility index (Phi) is 26.1. The summed E-state index contributed by atoms with van der Waals surface area (Å²) in [4.78, 5) is 7.09. The van der Waals surface area contributed by atoms with Gasteiger partial charge in [0.2, 0.25) is 0 Å². The molecule has 0 aromatic rings. The van der Waals surface area contributed by atoms with E-state index < -0.39 is 27.5 Å². The molecule has 0 aromatic carbocycles. The number of hydrogen-bond acceptors (Lipinski definition) is 0. The molecule has 267 valence electrons. The van der Waals surface area contributed by atoms with Gasteiger partial charge in [-0.3, -0.25) is 0 Å². The van der Waals surface area contributed by atoms with Gasteiger partial charge < -0.3 is 0 Å². The Morgan fingerprint density at radius 1 is 0.511 bits per heavy atom. The molecule has 0 aliphatic heterocycles. The zero-order valence-corrected chi connectivity index (χ0v) is 38.9. The molecule has 1 unspecified atom stereocenters. The topological polar surface area (TPSA) is 0 Å². The van der Waals surface area contributed by atoms with E-state index in [4.69, 9.17) is 0 Å². The normalized spacial score (nSPS) is 23.7. The van der Waals surface area contributed by atoms with E-state index in [0.29, 0.717) is 7.47 Å². The van der Waals surface area contributed by atoms with E-state index in [1.807, 2.05) is 0 Å². The van der Waals surface area contributed by atoms with Crippen LogP contribution in [0.5, 0.6) is 0 Å². The van der Waals surface area contributed by atoms with E-state index in [2.05, 4.69) is 41.4 Å². The van der Waals surface area contributed by atoms with Gasteiger partial charge in [0.1, 0.15) is 0 Å². The standard InChI is InChI=1S/C15H31PSi.C12H23P.C10H21P.3CH3.Sn/c1-17(2,3)16(14-10-6-4-7-11-14)15-12-8-5-9-13-15;1-3-7-11(8-4-1)13-12-9-5-2-6-10-12;1-2-3-9-11-10-7-5-4-6-8-10;;;;/h14-15H,4-13H2,1-3H3;11-13H,1-10H2;10-11H,2-9H2,1H3;3*1H3;. The number of hydrogen-bond donors (Lipinski definition) is 0. The molecule has 0 spiro atoms. The van der Waals surface area contributed by atoms with Gasteiger partial charge in [-0.2, -0.15) is 0 Å². The molecular formula is C40H84P3SiSn. The third-order valence-electron chi connectivity index (χ3n) is 11.0. The molecule has 5 fully saturated rings. The average Bonchev–Trinajstić information content (AvgIpc) is 3.04. The molecule has 0 amide bonds. The zero-order chi connectivity index (χ0) is 32.8. The van der Waals surface area contributed by atoms with Crippen LogP contribution in [-0.2, 0) is 0 Å². The van der Waals surface area contributed by atoms with Gasteiger partial charge in [0, 0.05) is 0 Å². The van der Waals surface area contributed by atoms with Crippen LogP contribution in [0.3, 0.4) is 0 Å². The van der Waals surface area contributed by atoms with Crippen molar-refractivity contribution in [1.29, 1.82) is 0 Å². The van der Waals surface area contributed by atoms with Crippen molar-refractivity contribution in [3.63, 3.8) is 0 Å². The molecule has 5 rings (SSSR count). The van der Waals surface area contributed by atoms with E-state index in [9.17, 15) is 0 Å². The summed E-state index contributed by atoms with van der Waals surface area (Å²) in [6.07, 6.45) is 43.0. The minimum atomic E-state index is -0.897. The molecule has 0 N–H and O–H groups in total. The van der Waals surface area contributed by atoms with Crippen LogP contribution in [0.4, 0.5) is 0 Å². The fraction of sp³-hybridized carbons (Fsp3) is 1.00. The van der Waals surface area contributed by atoms with E-state index in [-0.39, 0.29) is 0 Å². The Morgan fingerprint density at radius 3 is 1.13 bits per heavy atom. The average molecular weight is 805 g/mol. The third-order valence-corrected chi connectivity index (χ3v) is 25.8. The summed E-state index contributed by atoms with van der Waals surface area (Å²) < 4.78 is 0. The molecule has 0 nitrogen and oxygen atoms in total. The fourth-order valence-corrected chi connectivity index (χ4v) is 25.5. The molecule has 5 aliphatic carbocycles. The van der Waals surface area contributed by atoms with Crippen LogP contribution in [0.25, 0.3) is 0 Å². The molecule has 0 saturated heterocycles. The summed E-state index contributed by atoms with van der Waals surface area (Å²) in [6, 6.07) is 0. The molecule has 1 radical (unpaired) electrons. The van der Waals surface area contributed by atoms with Crippen LogP contribution in [0.2, 0.25) is 34.5 Å². The quantitative estimate of drug-likeness (QED) is 0.124. The van der Waals surface area contributed by atoms with E-state index in [1.165, 1.54) is 118 Å². The van der Waals surface area contributed by atoms with Crippen LogP contribution in [-0.4, -0.2) is 62.0 Å². The third kappa shape index (κ3) is 21.3. The van der Waals surface area contributed by atoms with E-state index in [0.717, 1.165) is 17.0 Å². The molecule has 5 heteroatoms. The van der Waals surface area contributed by atoms with Crippen molar-refractivity contribution in [2.45, 2.75) is 243 Å². The molecule has 5 saturated carbocycles. The predicted molar refractivity (Wildman–Crippen MR) is 224 cm³/mol. The van der Waals surface area contributed by atoms with Crippen LogP contribution in [0.1, 0.15) is 180 Å². The molecule has 0 aromatic heterocycles. The molecular weight excluding hydrogens is 720 g/mol. The number of rotatable bonds is 9. The van der Waals surface area contributed by atoms with Gasteiger partial charge >= 0.3 is 34.6 Å². The maximum absolute atomic E-state index is 2.67.